The van der Waals surface area contributed by atoms with Gasteiger partial charge in [0.1, 0.15) is 5.82 Å². The van der Waals surface area contributed by atoms with E-state index in [0.717, 1.165) is 4.88 Å². The summed E-state index contributed by atoms with van der Waals surface area (Å²) in [5, 5.41) is 4.85. The smallest absolute Gasteiger partial charge is 0.224 e. The van der Waals surface area contributed by atoms with Crippen LogP contribution in [0.15, 0.2) is 35.7 Å². The summed E-state index contributed by atoms with van der Waals surface area (Å²) in [6, 6.07) is 7.84. The zero-order valence-electron chi connectivity index (χ0n) is 9.45. The van der Waals surface area contributed by atoms with Gasteiger partial charge in [-0.05, 0) is 36.1 Å². The van der Waals surface area contributed by atoms with Crippen LogP contribution in [0.1, 0.15) is 11.3 Å². The van der Waals surface area contributed by atoms with Gasteiger partial charge < -0.3 is 5.32 Å². The maximum absolute atomic E-state index is 12.8. The second kappa shape index (κ2) is 5.98. The summed E-state index contributed by atoms with van der Waals surface area (Å²) in [4.78, 5) is 12.8. The number of hydrogen-bond acceptors (Lipinski definition) is 2. The van der Waals surface area contributed by atoms with E-state index in [-0.39, 0.29) is 10.9 Å². The number of halogens is 2. The van der Waals surface area contributed by atoms with Gasteiger partial charge in [0.05, 0.1) is 10.7 Å². The third-order valence-corrected chi connectivity index (χ3v) is 3.63. The highest BCUT2D eigenvalue weighted by molar-refractivity contribution is 7.09. The fraction of sp³-hybridized carbons (Fsp3) is 0.154. The van der Waals surface area contributed by atoms with Crippen LogP contribution < -0.4 is 5.32 Å². The van der Waals surface area contributed by atoms with Gasteiger partial charge in [-0.3, -0.25) is 4.79 Å². The molecule has 0 unspecified atom stereocenters. The Labute approximate surface area is 113 Å². The van der Waals surface area contributed by atoms with Crippen molar-refractivity contribution in [2.45, 2.75) is 12.8 Å². The zero-order chi connectivity index (χ0) is 13.0. The standard InChI is InChI=1S/C13H11ClFNOS/c14-11-8-9(15)3-5-12(11)16-13(17)6-4-10-2-1-7-18-10/h1-3,5,7-8H,4,6H2,(H,16,17). The first kappa shape index (κ1) is 13.1. The number of hydrogen-bond donors (Lipinski definition) is 1. The number of rotatable bonds is 4. The number of aryl methyl sites for hydroxylation is 1. The molecule has 2 nitrogen and oxygen atoms in total. The normalized spacial score (nSPS) is 10.3. The lowest BCUT2D eigenvalue weighted by Crippen LogP contribution is -2.12. The molecule has 0 radical (unpaired) electrons. The van der Waals surface area contributed by atoms with Crippen molar-refractivity contribution in [3.05, 3.63) is 51.4 Å². The van der Waals surface area contributed by atoms with Crippen molar-refractivity contribution in [1.82, 2.24) is 0 Å². The van der Waals surface area contributed by atoms with Crippen LogP contribution >= 0.6 is 22.9 Å². The van der Waals surface area contributed by atoms with Crippen molar-refractivity contribution < 1.29 is 9.18 Å². The Hall–Kier alpha value is -1.39. The van der Waals surface area contributed by atoms with Crippen LogP contribution in [0.2, 0.25) is 5.02 Å². The molecule has 0 fully saturated rings. The molecule has 18 heavy (non-hydrogen) atoms. The summed E-state index contributed by atoms with van der Waals surface area (Å²) in [6.45, 7) is 0. The molecule has 2 rings (SSSR count). The van der Waals surface area contributed by atoms with E-state index in [1.165, 1.54) is 18.2 Å². The Morgan fingerprint density at radius 3 is 2.89 bits per heavy atom. The predicted molar refractivity (Wildman–Crippen MR) is 72.7 cm³/mol. The number of carbonyl (C=O) groups is 1. The molecule has 1 aromatic heterocycles. The van der Waals surface area contributed by atoms with Gasteiger partial charge in [-0.15, -0.1) is 11.3 Å². The summed E-state index contributed by atoms with van der Waals surface area (Å²) in [7, 11) is 0. The molecule has 94 valence electrons. The molecule has 0 aliphatic carbocycles. The number of benzene rings is 1. The van der Waals surface area contributed by atoms with Crippen molar-refractivity contribution >= 4 is 34.5 Å². The Morgan fingerprint density at radius 1 is 1.39 bits per heavy atom. The molecule has 0 atom stereocenters. The summed E-state index contributed by atoms with van der Waals surface area (Å²) in [5.74, 6) is -0.548. The number of thiophene rings is 1. The van der Waals surface area contributed by atoms with Gasteiger partial charge >= 0.3 is 0 Å². The Kier molecular flexibility index (Phi) is 4.33. The highest BCUT2D eigenvalue weighted by Crippen LogP contribution is 2.22. The van der Waals surface area contributed by atoms with E-state index in [1.807, 2.05) is 17.5 Å². The van der Waals surface area contributed by atoms with Gasteiger partial charge in [-0.2, -0.15) is 0 Å². The third-order valence-electron chi connectivity index (χ3n) is 2.38. The molecule has 1 aromatic carbocycles. The van der Waals surface area contributed by atoms with Gasteiger partial charge in [0.15, 0.2) is 0 Å². The van der Waals surface area contributed by atoms with Crippen LogP contribution in [0.25, 0.3) is 0 Å². The number of carbonyl (C=O) groups excluding carboxylic acids is 1. The fourth-order valence-electron chi connectivity index (χ4n) is 1.50. The molecule has 0 aliphatic heterocycles. The van der Waals surface area contributed by atoms with E-state index >= 15 is 0 Å². The first-order chi connectivity index (χ1) is 8.65. The van der Waals surface area contributed by atoms with Crippen LogP contribution in [-0.2, 0) is 11.2 Å². The molecule has 0 spiro atoms. The maximum atomic E-state index is 12.8. The van der Waals surface area contributed by atoms with Crippen molar-refractivity contribution in [1.29, 1.82) is 0 Å². The molecule has 0 bridgehead atoms. The number of nitrogens with one attached hydrogen (secondary N) is 1. The minimum Gasteiger partial charge on any atom is -0.325 e. The van der Waals surface area contributed by atoms with Gasteiger partial charge in [-0.25, -0.2) is 4.39 Å². The average molecular weight is 284 g/mol. The lowest BCUT2D eigenvalue weighted by atomic mass is 10.2. The highest BCUT2D eigenvalue weighted by Gasteiger charge is 2.07. The SMILES string of the molecule is O=C(CCc1cccs1)Nc1ccc(F)cc1Cl. The topological polar surface area (TPSA) is 29.1 Å². The average Bonchev–Trinajstić information content (AvgIpc) is 2.83. The first-order valence-corrected chi connectivity index (χ1v) is 6.68. The lowest BCUT2D eigenvalue weighted by molar-refractivity contribution is -0.116. The predicted octanol–water partition coefficient (Wildman–Crippen LogP) is 4.11. The quantitative estimate of drug-likeness (QED) is 0.899. The van der Waals surface area contributed by atoms with E-state index in [2.05, 4.69) is 5.32 Å². The number of amides is 1. The Balaban J connectivity index is 1.91. The van der Waals surface area contributed by atoms with Crippen molar-refractivity contribution in [3.63, 3.8) is 0 Å². The molecule has 1 N–H and O–H groups in total. The van der Waals surface area contributed by atoms with Crippen LogP contribution in [-0.4, -0.2) is 5.91 Å². The van der Waals surface area contributed by atoms with E-state index in [0.29, 0.717) is 18.5 Å². The number of anilines is 1. The van der Waals surface area contributed by atoms with Crippen LogP contribution in [0.5, 0.6) is 0 Å². The van der Waals surface area contributed by atoms with E-state index in [1.54, 1.807) is 11.3 Å². The van der Waals surface area contributed by atoms with Gasteiger partial charge in [-0.1, -0.05) is 17.7 Å². The lowest BCUT2D eigenvalue weighted by Gasteiger charge is -2.06. The molecular formula is C13H11ClFNOS. The Morgan fingerprint density at radius 2 is 2.22 bits per heavy atom. The molecule has 5 heteroatoms. The fourth-order valence-corrected chi connectivity index (χ4v) is 2.42. The first-order valence-electron chi connectivity index (χ1n) is 5.42. The van der Waals surface area contributed by atoms with Crippen molar-refractivity contribution in [2.75, 3.05) is 5.32 Å². The largest absolute Gasteiger partial charge is 0.325 e. The van der Waals surface area contributed by atoms with Crippen LogP contribution in [0.3, 0.4) is 0 Å². The molecule has 0 aliphatic rings. The molecule has 0 saturated carbocycles. The maximum Gasteiger partial charge on any atom is 0.224 e. The minimum atomic E-state index is -0.420. The molecular weight excluding hydrogens is 273 g/mol. The summed E-state index contributed by atoms with van der Waals surface area (Å²) >= 11 is 7.44. The molecule has 0 saturated heterocycles. The van der Waals surface area contributed by atoms with Gasteiger partial charge in [0.2, 0.25) is 5.91 Å². The van der Waals surface area contributed by atoms with Gasteiger partial charge in [0.25, 0.3) is 0 Å². The molecule has 1 amide bonds. The second-order valence-electron chi connectivity index (χ2n) is 3.75. The van der Waals surface area contributed by atoms with Crippen molar-refractivity contribution in [3.8, 4) is 0 Å². The van der Waals surface area contributed by atoms with Crippen molar-refractivity contribution in [2.24, 2.45) is 0 Å². The summed E-state index contributed by atoms with van der Waals surface area (Å²) in [6.07, 6.45) is 1.08. The highest BCUT2D eigenvalue weighted by atomic mass is 35.5. The van der Waals surface area contributed by atoms with E-state index in [9.17, 15) is 9.18 Å². The third kappa shape index (κ3) is 3.55. The monoisotopic (exact) mass is 283 g/mol. The van der Waals surface area contributed by atoms with E-state index < -0.39 is 5.82 Å². The summed E-state index contributed by atoms with van der Waals surface area (Å²) in [5.41, 5.74) is 0.439. The van der Waals surface area contributed by atoms with E-state index in [4.69, 9.17) is 11.6 Å². The minimum absolute atomic E-state index is 0.128. The zero-order valence-corrected chi connectivity index (χ0v) is 11.0. The second-order valence-corrected chi connectivity index (χ2v) is 5.19. The molecule has 2 aromatic rings. The van der Waals surface area contributed by atoms with Crippen LogP contribution in [0, 0.1) is 5.82 Å². The Bertz CT molecular complexity index is 542. The van der Waals surface area contributed by atoms with Gasteiger partial charge in [0, 0.05) is 11.3 Å². The van der Waals surface area contributed by atoms with Crippen LogP contribution in [0.4, 0.5) is 10.1 Å². The molecule has 1 heterocycles. The summed E-state index contributed by atoms with van der Waals surface area (Å²) < 4.78 is 12.8.